The summed E-state index contributed by atoms with van der Waals surface area (Å²) in [5.41, 5.74) is 5.46. The van der Waals surface area contributed by atoms with Gasteiger partial charge in [0.1, 0.15) is 16.4 Å². The van der Waals surface area contributed by atoms with Crippen LogP contribution in [0.5, 0.6) is 0 Å². The second-order valence-electron chi connectivity index (χ2n) is 7.56. The van der Waals surface area contributed by atoms with E-state index in [9.17, 15) is 4.79 Å². The summed E-state index contributed by atoms with van der Waals surface area (Å²) in [4.78, 5) is 25.1. The molecule has 0 spiro atoms. The number of fused-ring (bicyclic) bond motifs is 1. The van der Waals surface area contributed by atoms with Crippen LogP contribution in [0, 0.1) is 13.8 Å². The Bertz CT molecular complexity index is 1220. The number of H-pyrrole nitrogens is 1. The first-order valence-electron chi connectivity index (χ1n) is 9.99. The number of aromatic amines is 1. The highest BCUT2D eigenvalue weighted by atomic mass is 32.1. The molecule has 1 fully saturated rings. The van der Waals surface area contributed by atoms with E-state index in [1.165, 1.54) is 16.9 Å². The highest BCUT2D eigenvalue weighted by Gasteiger charge is 2.27. The second-order valence-corrected chi connectivity index (χ2v) is 8.56. The second kappa shape index (κ2) is 7.62. The number of aromatic nitrogens is 4. The zero-order chi connectivity index (χ0) is 20.7. The third-order valence-corrected chi connectivity index (χ3v) is 6.49. The van der Waals surface area contributed by atoms with E-state index in [2.05, 4.69) is 46.5 Å². The van der Waals surface area contributed by atoms with Crippen molar-refractivity contribution in [3.63, 3.8) is 0 Å². The summed E-state index contributed by atoms with van der Waals surface area (Å²) >= 11 is 1.50. The molecule has 1 amide bonds. The predicted octanol–water partition coefficient (Wildman–Crippen LogP) is 3.41. The van der Waals surface area contributed by atoms with Gasteiger partial charge < -0.3 is 10.2 Å². The number of hydrogen-bond donors (Lipinski definition) is 2. The van der Waals surface area contributed by atoms with Crippen molar-refractivity contribution in [2.24, 2.45) is 0 Å². The summed E-state index contributed by atoms with van der Waals surface area (Å²) in [6.07, 6.45) is 3.52. The van der Waals surface area contributed by atoms with E-state index >= 15 is 0 Å². The van der Waals surface area contributed by atoms with Crippen molar-refractivity contribution in [1.29, 1.82) is 0 Å². The first kappa shape index (κ1) is 18.9. The molecular formula is C22H22N6OS. The molecule has 0 unspecified atom stereocenters. The first-order valence-corrected chi connectivity index (χ1v) is 10.8. The number of carbonyl (C=O) groups excluding carboxylic acids is 1. The monoisotopic (exact) mass is 418 g/mol. The van der Waals surface area contributed by atoms with Gasteiger partial charge in [-0.25, -0.2) is 4.98 Å². The molecule has 30 heavy (non-hydrogen) atoms. The molecule has 1 aromatic carbocycles. The maximum atomic E-state index is 13.3. The fourth-order valence-corrected chi connectivity index (χ4v) is 4.97. The van der Waals surface area contributed by atoms with E-state index in [4.69, 9.17) is 4.98 Å². The quantitative estimate of drug-likeness (QED) is 0.532. The summed E-state index contributed by atoms with van der Waals surface area (Å²) in [5.74, 6) is -0.0333. The van der Waals surface area contributed by atoms with Gasteiger partial charge in [-0.3, -0.25) is 14.9 Å². The number of nitrogens with one attached hydrogen (secondary N) is 2. The molecule has 152 valence electrons. The Balaban J connectivity index is 1.66. The van der Waals surface area contributed by atoms with Crippen LogP contribution in [0.15, 0.2) is 36.7 Å². The van der Waals surface area contributed by atoms with Crippen LogP contribution < -0.4 is 5.32 Å². The third-order valence-electron chi connectivity index (χ3n) is 5.37. The predicted molar refractivity (Wildman–Crippen MR) is 119 cm³/mol. The van der Waals surface area contributed by atoms with Gasteiger partial charge in [0, 0.05) is 49.5 Å². The van der Waals surface area contributed by atoms with Gasteiger partial charge in [0.15, 0.2) is 0 Å². The lowest BCUT2D eigenvalue weighted by Gasteiger charge is -2.27. The van der Waals surface area contributed by atoms with E-state index in [0.717, 1.165) is 50.7 Å². The van der Waals surface area contributed by atoms with Crippen molar-refractivity contribution >= 4 is 28.1 Å². The molecule has 7 nitrogen and oxygen atoms in total. The van der Waals surface area contributed by atoms with Gasteiger partial charge in [0.25, 0.3) is 5.91 Å². The average molecular weight is 419 g/mol. The maximum absolute atomic E-state index is 13.3. The molecule has 1 aliphatic rings. The minimum Gasteiger partial charge on any atom is -0.335 e. The highest BCUT2D eigenvalue weighted by Crippen LogP contribution is 2.38. The van der Waals surface area contributed by atoms with E-state index in [0.29, 0.717) is 18.8 Å². The summed E-state index contributed by atoms with van der Waals surface area (Å²) < 4.78 is 0. The Morgan fingerprint density at radius 3 is 2.80 bits per heavy atom. The van der Waals surface area contributed by atoms with Crippen LogP contribution in [-0.2, 0) is 0 Å². The zero-order valence-electron chi connectivity index (χ0n) is 16.9. The number of carbonyl (C=O) groups is 1. The fourth-order valence-electron chi connectivity index (χ4n) is 3.92. The lowest BCUT2D eigenvalue weighted by Crippen LogP contribution is -2.46. The van der Waals surface area contributed by atoms with Crippen LogP contribution in [0.2, 0.25) is 0 Å². The van der Waals surface area contributed by atoms with Crippen molar-refractivity contribution in [3.05, 3.63) is 53.5 Å². The molecule has 8 heteroatoms. The SMILES string of the molecule is Cc1cc(C)c2n[nH]c(-c3nc(C(=O)N4CCNCC4)c(-c4cccnc4)s3)c2c1. The van der Waals surface area contributed by atoms with Crippen LogP contribution in [-0.4, -0.2) is 57.2 Å². The van der Waals surface area contributed by atoms with Crippen molar-refractivity contribution in [2.75, 3.05) is 26.2 Å². The molecule has 1 aliphatic heterocycles. The van der Waals surface area contributed by atoms with Crippen molar-refractivity contribution in [2.45, 2.75) is 13.8 Å². The van der Waals surface area contributed by atoms with E-state index in [-0.39, 0.29) is 5.91 Å². The number of piperazine rings is 1. The van der Waals surface area contributed by atoms with Gasteiger partial charge in [0.2, 0.25) is 0 Å². The third kappa shape index (κ3) is 3.28. The van der Waals surface area contributed by atoms with Crippen LogP contribution in [0.1, 0.15) is 21.6 Å². The molecular weight excluding hydrogens is 396 g/mol. The number of amides is 1. The van der Waals surface area contributed by atoms with Crippen LogP contribution in [0.25, 0.3) is 32.0 Å². The first-order chi connectivity index (χ1) is 14.6. The Hall–Kier alpha value is -3.10. The maximum Gasteiger partial charge on any atom is 0.274 e. The van der Waals surface area contributed by atoms with Crippen LogP contribution >= 0.6 is 11.3 Å². The Kier molecular flexibility index (Phi) is 4.80. The topological polar surface area (TPSA) is 86.8 Å². The van der Waals surface area contributed by atoms with E-state index in [1.807, 2.05) is 17.0 Å². The Labute approximate surface area is 178 Å². The van der Waals surface area contributed by atoms with Crippen molar-refractivity contribution in [1.82, 2.24) is 30.4 Å². The molecule has 5 rings (SSSR count). The summed E-state index contributed by atoms with van der Waals surface area (Å²) in [5, 5.41) is 12.7. The van der Waals surface area contributed by atoms with Crippen molar-refractivity contribution < 1.29 is 4.79 Å². The Morgan fingerprint density at radius 1 is 1.20 bits per heavy atom. The molecule has 0 saturated carbocycles. The normalized spacial score (nSPS) is 14.4. The molecule has 0 aliphatic carbocycles. The molecule has 0 radical (unpaired) electrons. The molecule has 1 saturated heterocycles. The molecule has 0 atom stereocenters. The van der Waals surface area contributed by atoms with Gasteiger partial charge in [-0.1, -0.05) is 17.7 Å². The summed E-state index contributed by atoms with van der Waals surface area (Å²) in [7, 11) is 0. The lowest BCUT2D eigenvalue weighted by atomic mass is 10.1. The number of thiazole rings is 1. The van der Waals surface area contributed by atoms with Gasteiger partial charge in [-0.15, -0.1) is 11.3 Å². The number of benzene rings is 1. The molecule has 2 N–H and O–H groups in total. The Morgan fingerprint density at radius 2 is 2.03 bits per heavy atom. The van der Waals surface area contributed by atoms with E-state index in [1.54, 1.807) is 12.4 Å². The number of rotatable bonds is 3. The molecule has 4 aromatic rings. The van der Waals surface area contributed by atoms with Gasteiger partial charge >= 0.3 is 0 Å². The minimum atomic E-state index is -0.0333. The summed E-state index contributed by atoms with van der Waals surface area (Å²) in [6, 6.07) is 8.09. The van der Waals surface area contributed by atoms with Crippen molar-refractivity contribution in [3.8, 4) is 21.1 Å². The smallest absolute Gasteiger partial charge is 0.274 e. The highest BCUT2D eigenvalue weighted by molar-refractivity contribution is 7.18. The van der Waals surface area contributed by atoms with Gasteiger partial charge in [0.05, 0.1) is 10.4 Å². The molecule has 0 bridgehead atoms. The van der Waals surface area contributed by atoms with Crippen LogP contribution in [0.4, 0.5) is 0 Å². The lowest BCUT2D eigenvalue weighted by molar-refractivity contribution is 0.0731. The van der Waals surface area contributed by atoms with E-state index < -0.39 is 0 Å². The largest absolute Gasteiger partial charge is 0.335 e. The van der Waals surface area contributed by atoms with Gasteiger partial charge in [-0.2, -0.15) is 5.10 Å². The number of nitrogens with zero attached hydrogens (tertiary/aromatic N) is 4. The summed E-state index contributed by atoms with van der Waals surface area (Å²) in [6.45, 7) is 7.10. The minimum absolute atomic E-state index is 0.0333. The molecule has 3 aromatic heterocycles. The number of aryl methyl sites for hydroxylation is 2. The molecule has 4 heterocycles. The van der Waals surface area contributed by atoms with Gasteiger partial charge in [-0.05, 0) is 31.5 Å². The number of hydrogen-bond acceptors (Lipinski definition) is 6. The number of pyridine rings is 1. The fraction of sp³-hybridized carbons (Fsp3) is 0.273. The zero-order valence-corrected chi connectivity index (χ0v) is 17.7. The average Bonchev–Trinajstić information content (AvgIpc) is 3.39. The van der Waals surface area contributed by atoms with Crippen LogP contribution in [0.3, 0.4) is 0 Å². The standard InChI is InChI=1S/C22H22N6OS/c1-13-10-14(2)17-16(11-13)18(27-26-17)21-25-19(22(29)28-8-6-23-7-9-28)20(30-21)15-4-3-5-24-12-15/h3-5,10-12,23H,6-9H2,1-2H3,(H,26,27).